The summed E-state index contributed by atoms with van der Waals surface area (Å²) in [6, 6.07) is 2.88. The molecule has 2 atom stereocenters. The SMILES string of the molecule is CN(C)c1ccc(C(=O)NC2COCC2C(=O)O)cn1. The topological polar surface area (TPSA) is 91.8 Å². The number of carboxylic acids is 1. The highest BCUT2D eigenvalue weighted by Crippen LogP contribution is 2.15. The van der Waals surface area contributed by atoms with E-state index < -0.39 is 17.9 Å². The van der Waals surface area contributed by atoms with E-state index in [-0.39, 0.29) is 19.1 Å². The van der Waals surface area contributed by atoms with Crippen molar-refractivity contribution >= 4 is 17.7 Å². The van der Waals surface area contributed by atoms with Crippen LogP contribution in [-0.4, -0.2) is 55.3 Å². The molecule has 0 saturated carbocycles. The Morgan fingerprint density at radius 2 is 2.15 bits per heavy atom. The molecule has 0 spiro atoms. The highest BCUT2D eigenvalue weighted by Gasteiger charge is 2.35. The lowest BCUT2D eigenvalue weighted by Gasteiger charge is -2.16. The Kier molecular flexibility index (Phi) is 4.19. The molecule has 7 heteroatoms. The van der Waals surface area contributed by atoms with Crippen molar-refractivity contribution in [3.8, 4) is 0 Å². The number of carbonyl (C=O) groups excluding carboxylic acids is 1. The lowest BCUT2D eigenvalue weighted by atomic mass is 10.0. The fourth-order valence-electron chi connectivity index (χ4n) is 1.98. The third-order valence-corrected chi connectivity index (χ3v) is 3.18. The zero-order valence-corrected chi connectivity index (χ0v) is 11.4. The molecule has 1 aliphatic heterocycles. The van der Waals surface area contributed by atoms with E-state index in [0.29, 0.717) is 5.56 Å². The first-order valence-electron chi connectivity index (χ1n) is 6.24. The van der Waals surface area contributed by atoms with Crippen LogP contribution in [0.3, 0.4) is 0 Å². The van der Waals surface area contributed by atoms with E-state index in [0.717, 1.165) is 5.82 Å². The second kappa shape index (κ2) is 5.87. The molecule has 1 saturated heterocycles. The van der Waals surface area contributed by atoms with E-state index in [1.807, 2.05) is 19.0 Å². The largest absolute Gasteiger partial charge is 0.481 e. The number of aliphatic carboxylic acids is 1. The van der Waals surface area contributed by atoms with E-state index in [1.165, 1.54) is 6.20 Å². The third kappa shape index (κ3) is 3.05. The number of hydrogen-bond donors (Lipinski definition) is 2. The molecule has 2 heterocycles. The van der Waals surface area contributed by atoms with Gasteiger partial charge in [0.05, 0.1) is 24.8 Å². The van der Waals surface area contributed by atoms with Gasteiger partial charge in [0.25, 0.3) is 5.91 Å². The number of rotatable bonds is 4. The summed E-state index contributed by atoms with van der Waals surface area (Å²) in [6.07, 6.45) is 1.47. The summed E-state index contributed by atoms with van der Waals surface area (Å²) >= 11 is 0. The molecule has 0 aromatic carbocycles. The molecular formula is C13H17N3O4. The molecule has 0 bridgehead atoms. The van der Waals surface area contributed by atoms with Crippen LogP contribution in [0.15, 0.2) is 18.3 Å². The zero-order chi connectivity index (χ0) is 14.7. The van der Waals surface area contributed by atoms with Gasteiger partial charge in [-0.05, 0) is 12.1 Å². The summed E-state index contributed by atoms with van der Waals surface area (Å²) in [5.41, 5.74) is 0.395. The number of aromatic nitrogens is 1. The average Bonchev–Trinajstić information content (AvgIpc) is 2.87. The van der Waals surface area contributed by atoms with Crippen LogP contribution in [-0.2, 0) is 9.53 Å². The summed E-state index contributed by atoms with van der Waals surface area (Å²) in [4.78, 5) is 29.0. The van der Waals surface area contributed by atoms with Crippen molar-refractivity contribution in [2.24, 2.45) is 5.92 Å². The minimum atomic E-state index is -0.964. The molecule has 1 aliphatic rings. The summed E-state index contributed by atoms with van der Waals surface area (Å²) in [5.74, 6) is -1.26. The average molecular weight is 279 g/mol. The predicted molar refractivity (Wildman–Crippen MR) is 71.8 cm³/mol. The molecule has 0 radical (unpaired) electrons. The van der Waals surface area contributed by atoms with Crippen LogP contribution >= 0.6 is 0 Å². The Labute approximate surface area is 116 Å². The minimum absolute atomic E-state index is 0.123. The summed E-state index contributed by atoms with van der Waals surface area (Å²) < 4.78 is 5.10. The number of nitrogens with zero attached hydrogens (tertiary/aromatic N) is 2. The molecule has 108 valence electrons. The number of nitrogens with one attached hydrogen (secondary N) is 1. The second-order valence-corrected chi connectivity index (χ2v) is 4.86. The van der Waals surface area contributed by atoms with Gasteiger partial charge in [0.1, 0.15) is 11.7 Å². The molecule has 20 heavy (non-hydrogen) atoms. The van der Waals surface area contributed by atoms with Gasteiger partial charge in [-0.15, -0.1) is 0 Å². The van der Waals surface area contributed by atoms with Gasteiger partial charge in [-0.1, -0.05) is 0 Å². The van der Waals surface area contributed by atoms with E-state index in [2.05, 4.69) is 10.3 Å². The third-order valence-electron chi connectivity index (χ3n) is 3.18. The lowest BCUT2D eigenvalue weighted by Crippen LogP contribution is -2.42. The summed E-state index contributed by atoms with van der Waals surface area (Å²) in [7, 11) is 3.71. The van der Waals surface area contributed by atoms with Crippen LogP contribution in [0.5, 0.6) is 0 Å². The maximum absolute atomic E-state index is 12.0. The Morgan fingerprint density at radius 1 is 1.40 bits per heavy atom. The van der Waals surface area contributed by atoms with Gasteiger partial charge in [0.2, 0.25) is 0 Å². The van der Waals surface area contributed by atoms with Gasteiger partial charge in [-0.2, -0.15) is 0 Å². The fraction of sp³-hybridized carbons (Fsp3) is 0.462. The van der Waals surface area contributed by atoms with Crippen molar-refractivity contribution in [2.75, 3.05) is 32.2 Å². The normalized spacial score (nSPS) is 21.5. The Balaban J connectivity index is 2.02. The van der Waals surface area contributed by atoms with Gasteiger partial charge < -0.3 is 20.1 Å². The molecule has 1 fully saturated rings. The Bertz CT molecular complexity index is 501. The maximum Gasteiger partial charge on any atom is 0.311 e. The van der Waals surface area contributed by atoms with Crippen molar-refractivity contribution in [3.05, 3.63) is 23.9 Å². The smallest absolute Gasteiger partial charge is 0.311 e. The monoisotopic (exact) mass is 279 g/mol. The molecule has 7 nitrogen and oxygen atoms in total. The molecule has 1 amide bonds. The zero-order valence-electron chi connectivity index (χ0n) is 11.4. The van der Waals surface area contributed by atoms with Crippen molar-refractivity contribution in [1.82, 2.24) is 10.3 Å². The maximum atomic E-state index is 12.0. The molecule has 2 N–H and O–H groups in total. The number of carboxylic acid groups (broad SMARTS) is 1. The van der Waals surface area contributed by atoms with Crippen molar-refractivity contribution < 1.29 is 19.4 Å². The number of ether oxygens (including phenoxy) is 1. The number of anilines is 1. The van der Waals surface area contributed by atoms with Gasteiger partial charge in [0.15, 0.2) is 0 Å². The molecule has 0 aliphatic carbocycles. The van der Waals surface area contributed by atoms with Crippen LogP contribution in [0, 0.1) is 5.92 Å². The van der Waals surface area contributed by atoms with Crippen LogP contribution < -0.4 is 10.2 Å². The molecule has 1 aromatic rings. The Morgan fingerprint density at radius 3 is 2.70 bits per heavy atom. The second-order valence-electron chi connectivity index (χ2n) is 4.86. The number of pyridine rings is 1. The van der Waals surface area contributed by atoms with E-state index in [4.69, 9.17) is 9.84 Å². The van der Waals surface area contributed by atoms with Gasteiger partial charge in [-0.3, -0.25) is 9.59 Å². The summed E-state index contributed by atoms with van der Waals surface area (Å²) in [6.45, 7) is 0.337. The number of carbonyl (C=O) groups is 2. The van der Waals surface area contributed by atoms with Crippen molar-refractivity contribution in [2.45, 2.75) is 6.04 Å². The van der Waals surface area contributed by atoms with Gasteiger partial charge in [0, 0.05) is 20.3 Å². The lowest BCUT2D eigenvalue weighted by molar-refractivity contribution is -0.142. The summed E-state index contributed by atoms with van der Waals surface area (Å²) in [5, 5.41) is 11.7. The van der Waals surface area contributed by atoms with Gasteiger partial charge >= 0.3 is 5.97 Å². The highest BCUT2D eigenvalue weighted by atomic mass is 16.5. The van der Waals surface area contributed by atoms with Crippen LogP contribution in [0.25, 0.3) is 0 Å². The number of amides is 1. The van der Waals surface area contributed by atoms with Crippen LogP contribution in [0.2, 0.25) is 0 Å². The molecule has 2 unspecified atom stereocenters. The van der Waals surface area contributed by atoms with E-state index in [9.17, 15) is 9.59 Å². The minimum Gasteiger partial charge on any atom is -0.481 e. The molecular weight excluding hydrogens is 262 g/mol. The highest BCUT2D eigenvalue weighted by molar-refractivity contribution is 5.94. The predicted octanol–water partition coefficient (Wildman–Crippen LogP) is -0.0230. The first-order valence-corrected chi connectivity index (χ1v) is 6.24. The van der Waals surface area contributed by atoms with Crippen LogP contribution in [0.1, 0.15) is 10.4 Å². The van der Waals surface area contributed by atoms with E-state index >= 15 is 0 Å². The van der Waals surface area contributed by atoms with Crippen molar-refractivity contribution in [1.29, 1.82) is 0 Å². The quantitative estimate of drug-likeness (QED) is 0.804. The first kappa shape index (κ1) is 14.3. The molecule has 2 rings (SSSR count). The fourth-order valence-corrected chi connectivity index (χ4v) is 1.98. The Hall–Kier alpha value is -2.15. The first-order chi connectivity index (χ1) is 9.49. The number of hydrogen-bond acceptors (Lipinski definition) is 5. The van der Waals surface area contributed by atoms with Crippen molar-refractivity contribution in [3.63, 3.8) is 0 Å². The van der Waals surface area contributed by atoms with Gasteiger partial charge in [-0.25, -0.2) is 4.98 Å². The van der Waals surface area contributed by atoms with E-state index in [1.54, 1.807) is 12.1 Å². The standard InChI is InChI=1S/C13H17N3O4/c1-16(2)11-4-3-8(5-14-11)12(17)15-10-7-20-6-9(10)13(18)19/h3-5,9-10H,6-7H2,1-2H3,(H,15,17)(H,18,19). The molecule has 1 aromatic heterocycles. The van der Waals surface area contributed by atoms with Crippen LogP contribution in [0.4, 0.5) is 5.82 Å².